The molecule has 1 fully saturated rings. The number of hydrogen-bond donors (Lipinski definition) is 0. The molecule has 1 aliphatic heterocycles. The predicted octanol–water partition coefficient (Wildman–Crippen LogP) is 2.66. The number of Topliss-reactive ketones (excluding diaryl/α,β-unsaturated/α-hetero) is 1. The summed E-state index contributed by atoms with van der Waals surface area (Å²) in [6.45, 7) is 2.42. The molecule has 2 rings (SSSR count). The first-order valence-corrected chi connectivity index (χ1v) is 5.69. The van der Waals surface area contributed by atoms with Crippen LogP contribution in [0.4, 0.5) is 18.9 Å². The summed E-state index contributed by atoms with van der Waals surface area (Å²) in [5.74, 6) is 0.193. The first-order chi connectivity index (χ1) is 8.38. The van der Waals surface area contributed by atoms with Gasteiger partial charge in [-0.15, -0.1) is 0 Å². The number of hydrogen-bond acceptors (Lipinski definition) is 3. The molecule has 1 unspecified atom stereocenters. The van der Waals surface area contributed by atoms with Gasteiger partial charge in [-0.2, -0.15) is 13.2 Å². The number of ketones is 1. The van der Waals surface area contributed by atoms with Crippen molar-refractivity contribution in [3.8, 4) is 0 Å². The highest BCUT2D eigenvalue weighted by molar-refractivity contribution is 5.81. The van der Waals surface area contributed by atoms with Crippen molar-refractivity contribution in [1.29, 1.82) is 0 Å². The third kappa shape index (κ3) is 2.63. The topological polar surface area (TPSA) is 33.2 Å². The highest BCUT2D eigenvalue weighted by atomic mass is 19.4. The molecule has 0 saturated carbocycles. The van der Waals surface area contributed by atoms with Crippen LogP contribution in [0.3, 0.4) is 0 Å². The van der Waals surface area contributed by atoms with Crippen LogP contribution in [0.1, 0.15) is 25.5 Å². The zero-order chi connectivity index (χ0) is 13.3. The first kappa shape index (κ1) is 12.9. The molecule has 1 atom stereocenters. The van der Waals surface area contributed by atoms with Crippen molar-refractivity contribution in [2.75, 3.05) is 11.4 Å². The normalized spacial score (nSPS) is 21.2. The Kier molecular flexibility index (Phi) is 3.28. The van der Waals surface area contributed by atoms with Gasteiger partial charge >= 0.3 is 6.18 Å². The molecule has 0 amide bonds. The number of halogens is 3. The number of carbonyl (C=O) groups excluding carboxylic acids is 1. The van der Waals surface area contributed by atoms with Crippen molar-refractivity contribution >= 4 is 11.5 Å². The van der Waals surface area contributed by atoms with Gasteiger partial charge in [0.05, 0.1) is 11.9 Å². The van der Waals surface area contributed by atoms with Crippen LogP contribution in [-0.2, 0) is 11.0 Å². The van der Waals surface area contributed by atoms with E-state index in [9.17, 15) is 18.0 Å². The molecule has 18 heavy (non-hydrogen) atoms. The predicted molar refractivity (Wildman–Crippen MR) is 60.3 cm³/mol. The molecule has 0 radical (unpaired) electrons. The lowest BCUT2D eigenvalue weighted by Crippen LogP contribution is -2.41. The third-order valence-corrected chi connectivity index (χ3v) is 3.06. The number of aromatic nitrogens is 1. The second kappa shape index (κ2) is 4.59. The molecule has 1 aromatic heterocycles. The van der Waals surface area contributed by atoms with E-state index in [0.29, 0.717) is 25.1 Å². The van der Waals surface area contributed by atoms with Gasteiger partial charge in [0, 0.05) is 25.4 Å². The molecule has 0 N–H and O–H groups in total. The van der Waals surface area contributed by atoms with Crippen molar-refractivity contribution < 1.29 is 18.0 Å². The fourth-order valence-corrected chi connectivity index (χ4v) is 2.11. The lowest BCUT2D eigenvalue weighted by Gasteiger charge is -2.34. The molecule has 3 nitrogen and oxygen atoms in total. The summed E-state index contributed by atoms with van der Waals surface area (Å²) in [6.07, 6.45) is -2.33. The molecule has 6 heteroatoms. The molecular formula is C12H13F3N2O. The lowest BCUT2D eigenvalue weighted by atomic mass is 10.0. The Balaban J connectivity index is 2.17. The second-order valence-electron chi connectivity index (χ2n) is 4.43. The minimum absolute atomic E-state index is 0.00443. The van der Waals surface area contributed by atoms with Crippen LogP contribution in [0.2, 0.25) is 0 Å². The average Bonchev–Trinajstić information content (AvgIpc) is 2.28. The van der Waals surface area contributed by atoms with Gasteiger partial charge < -0.3 is 4.90 Å². The van der Waals surface area contributed by atoms with Gasteiger partial charge in [-0.3, -0.25) is 4.79 Å². The maximum absolute atomic E-state index is 12.4. The summed E-state index contributed by atoms with van der Waals surface area (Å²) >= 11 is 0. The summed E-state index contributed by atoms with van der Waals surface area (Å²) in [4.78, 5) is 16.6. The maximum Gasteiger partial charge on any atom is 0.433 e. The van der Waals surface area contributed by atoms with Crippen molar-refractivity contribution in [3.05, 3.63) is 24.0 Å². The number of alkyl halides is 3. The average molecular weight is 258 g/mol. The van der Waals surface area contributed by atoms with Crippen molar-refractivity contribution in [1.82, 2.24) is 4.98 Å². The number of pyridine rings is 1. The van der Waals surface area contributed by atoms with Crippen LogP contribution in [0.15, 0.2) is 18.3 Å². The highest BCUT2D eigenvalue weighted by Crippen LogP contribution is 2.29. The SMILES string of the molecule is CC1CC(=O)CCN1c1ccc(C(F)(F)F)nc1. The van der Waals surface area contributed by atoms with Gasteiger partial charge in [0.2, 0.25) is 0 Å². The summed E-state index contributed by atoms with van der Waals surface area (Å²) < 4.78 is 37.1. The van der Waals surface area contributed by atoms with Gasteiger partial charge in [0.25, 0.3) is 0 Å². The van der Waals surface area contributed by atoms with Crippen LogP contribution in [-0.4, -0.2) is 23.4 Å². The quantitative estimate of drug-likeness (QED) is 0.776. The van der Waals surface area contributed by atoms with Gasteiger partial charge in [0.15, 0.2) is 0 Å². The van der Waals surface area contributed by atoms with Crippen LogP contribution < -0.4 is 4.90 Å². The Labute approximate surface area is 103 Å². The van der Waals surface area contributed by atoms with E-state index in [1.807, 2.05) is 11.8 Å². The van der Waals surface area contributed by atoms with Gasteiger partial charge in [-0.05, 0) is 19.1 Å². The van der Waals surface area contributed by atoms with E-state index >= 15 is 0 Å². The van der Waals surface area contributed by atoms with E-state index in [4.69, 9.17) is 0 Å². The molecule has 0 spiro atoms. The van der Waals surface area contributed by atoms with Crippen molar-refractivity contribution in [2.24, 2.45) is 0 Å². The maximum atomic E-state index is 12.4. The summed E-state index contributed by atoms with van der Waals surface area (Å²) in [5.41, 5.74) is -0.269. The van der Waals surface area contributed by atoms with E-state index in [1.165, 1.54) is 12.3 Å². The minimum atomic E-state index is -4.41. The fourth-order valence-electron chi connectivity index (χ4n) is 2.11. The van der Waals surface area contributed by atoms with Crippen molar-refractivity contribution in [2.45, 2.75) is 32.0 Å². The lowest BCUT2D eigenvalue weighted by molar-refractivity contribution is -0.141. The Bertz CT molecular complexity index is 442. The van der Waals surface area contributed by atoms with Crippen molar-refractivity contribution in [3.63, 3.8) is 0 Å². The Morgan fingerprint density at radius 2 is 2.11 bits per heavy atom. The standard InChI is InChI=1S/C12H13F3N2O/c1-8-6-10(18)4-5-17(8)9-2-3-11(16-7-9)12(13,14)15/h2-3,7-8H,4-6H2,1H3. The smallest absolute Gasteiger partial charge is 0.367 e. The van der Waals surface area contributed by atoms with E-state index in [-0.39, 0.29) is 11.8 Å². The third-order valence-electron chi connectivity index (χ3n) is 3.06. The van der Waals surface area contributed by atoms with Crippen LogP contribution in [0.5, 0.6) is 0 Å². The minimum Gasteiger partial charge on any atom is -0.367 e. The molecule has 2 heterocycles. The Hall–Kier alpha value is -1.59. The van der Waals surface area contributed by atoms with E-state index in [1.54, 1.807) is 0 Å². The molecular weight excluding hydrogens is 245 g/mol. The van der Waals surface area contributed by atoms with Gasteiger partial charge in [-0.1, -0.05) is 0 Å². The Morgan fingerprint density at radius 1 is 1.39 bits per heavy atom. The number of nitrogens with zero attached hydrogens (tertiary/aromatic N) is 2. The molecule has 98 valence electrons. The number of piperidine rings is 1. The second-order valence-corrected chi connectivity index (χ2v) is 4.43. The van der Waals surface area contributed by atoms with Crippen LogP contribution >= 0.6 is 0 Å². The summed E-state index contributed by atoms with van der Waals surface area (Å²) in [7, 11) is 0. The molecule has 1 saturated heterocycles. The van der Waals surface area contributed by atoms with Crippen LogP contribution in [0.25, 0.3) is 0 Å². The zero-order valence-corrected chi connectivity index (χ0v) is 9.87. The van der Waals surface area contributed by atoms with Gasteiger partial charge in [0.1, 0.15) is 11.5 Å². The molecule has 1 aromatic rings. The number of anilines is 1. The monoisotopic (exact) mass is 258 g/mol. The van der Waals surface area contributed by atoms with E-state index in [2.05, 4.69) is 4.98 Å². The summed E-state index contributed by atoms with van der Waals surface area (Å²) in [5, 5.41) is 0. The largest absolute Gasteiger partial charge is 0.433 e. The summed E-state index contributed by atoms with van der Waals surface area (Å²) in [6, 6.07) is 2.38. The fraction of sp³-hybridized carbons (Fsp3) is 0.500. The van der Waals surface area contributed by atoms with Crippen LogP contribution in [0, 0.1) is 0 Å². The zero-order valence-electron chi connectivity index (χ0n) is 9.87. The molecule has 0 bridgehead atoms. The van der Waals surface area contributed by atoms with Gasteiger partial charge in [-0.25, -0.2) is 4.98 Å². The van der Waals surface area contributed by atoms with E-state index in [0.717, 1.165) is 6.07 Å². The molecule has 0 aliphatic carbocycles. The highest BCUT2D eigenvalue weighted by Gasteiger charge is 2.32. The Morgan fingerprint density at radius 3 is 2.61 bits per heavy atom. The first-order valence-electron chi connectivity index (χ1n) is 5.69. The molecule has 1 aliphatic rings. The number of carbonyl (C=O) groups is 1. The van der Waals surface area contributed by atoms with E-state index < -0.39 is 11.9 Å². The molecule has 0 aromatic carbocycles. The number of rotatable bonds is 1.